The molecule has 37 heavy (non-hydrogen) atoms. The Morgan fingerprint density at radius 3 is 2.32 bits per heavy atom. The second-order valence-electron chi connectivity index (χ2n) is 9.47. The maximum Gasteiger partial charge on any atom is 0.273 e. The number of nitrogens with zero attached hydrogens (tertiary/aromatic N) is 2. The van der Waals surface area contributed by atoms with Gasteiger partial charge < -0.3 is 9.88 Å². The molecule has 186 valence electrons. The van der Waals surface area contributed by atoms with Gasteiger partial charge >= 0.3 is 0 Å². The van der Waals surface area contributed by atoms with E-state index in [-0.39, 0.29) is 5.91 Å². The number of hydrogen-bond donors (Lipinski definition) is 1. The largest absolute Gasteiger partial charge is 0.325 e. The minimum absolute atomic E-state index is 0.210. The molecule has 0 bridgehead atoms. The number of benzene rings is 3. The molecule has 0 atom stereocenters. The van der Waals surface area contributed by atoms with Gasteiger partial charge in [-0.2, -0.15) is 0 Å². The minimum atomic E-state index is -0.210. The van der Waals surface area contributed by atoms with Crippen LogP contribution < -0.4 is 5.32 Å². The zero-order chi connectivity index (χ0) is 25.7. The van der Waals surface area contributed by atoms with Gasteiger partial charge in [0.05, 0.1) is 15.7 Å². The third-order valence-electron chi connectivity index (χ3n) is 7.01. The van der Waals surface area contributed by atoms with Crippen LogP contribution in [0, 0.1) is 6.92 Å². The number of rotatable bonds is 4. The normalized spacial score (nSPS) is 13.1. The summed E-state index contributed by atoms with van der Waals surface area (Å²) >= 11 is 18.6. The standard InChI is InChI=1S/C30H24Cl3N3O/c1-18-5-7-19(8-6-18)26-17-36-28(29(37)34-22-13-14-24(32)25(33)16-22)27(20-9-11-21(31)12-10-20)23-4-2-3-15-35(26)30(23)36/h5-14,16-17H,2-4,15H2,1H3,(H,34,37). The number of amides is 1. The van der Waals surface area contributed by atoms with Gasteiger partial charge in [0.15, 0.2) is 0 Å². The van der Waals surface area contributed by atoms with Crippen LogP contribution in [0.4, 0.5) is 5.69 Å². The summed E-state index contributed by atoms with van der Waals surface area (Å²) in [6, 6.07) is 21.4. The summed E-state index contributed by atoms with van der Waals surface area (Å²) < 4.78 is 4.43. The number of carbonyl (C=O) groups is 1. The lowest BCUT2D eigenvalue weighted by Crippen LogP contribution is -2.15. The molecule has 0 aliphatic carbocycles. The molecule has 0 saturated carbocycles. The Morgan fingerprint density at radius 1 is 0.865 bits per heavy atom. The zero-order valence-electron chi connectivity index (χ0n) is 20.2. The first-order chi connectivity index (χ1) is 17.9. The Morgan fingerprint density at radius 2 is 1.59 bits per heavy atom. The molecule has 0 radical (unpaired) electrons. The van der Waals surface area contributed by atoms with E-state index in [2.05, 4.69) is 51.7 Å². The smallest absolute Gasteiger partial charge is 0.273 e. The molecule has 0 unspecified atom stereocenters. The minimum Gasteiger partial charge on any atom is -0.325 e. The van der Waals surface area contributed by atoms with Crippen LogP contribution in [-0.4, -0.2) is 14.9 Å². The van der Waals surface area contributed by atoms with E-state index in [9.17, 15) is 4.79 Å². The van der Waals surface area contributed by atoms with Gasteiger partial charge in [0.25, 0.3) is 5.91 Å². The first-order valence-electron chi connectivity index (χ1n) is 12.3. The van der Waals surface area contributed by atoms with Gasteiger partial charge in [0.2, 0.25) is 0 Å². The number of imidazole rings is 1. The van der Waals surface area contributed by atoms with Crippen LogP contribution in [0.3, 0.4) is 0 Å². The van der Waals surface area contributed by atoms with Crippen molar-refractivity contribution in [2.24, 2.45) is 0 Å². The molecule has 3 aromatic carbocycles. The third kappa shape index (κ3) is 4.33. The van der Waals surface area contributed by atoms with Crippen molar-refractivity contribution in [1.29, 1.82) is 0 Å². The van der Waals surface area contributed by atoms with Crippen molar-refractivity contribution in [2.75, 3.05) is 5.32 Å². The Balaban J connectivity index is 1.59. The average molecular weight is 549 g/mol. The lowest BCUT2D eigenvalue weighted by Gasteiger charge is -2.11. The summed E-state index contributed by atoms with van der Waals surface area (Å²) in [4.78, 5) is 14.0. The van der Waals surface area contributed by atoms with E-state index < -0.39 is 0 Å². The molecule has 0 saturated heterocycles. The fourth-order valence-corrected chi connectivity index (χ4v) is 5.68. The Hall–Kier alpha value is -3.18. The molecule has 1 aliphatic heterocycles. The van der Waals surface area contributed by atoms with Crippen molar-refractivity contribution in [2.45, 2.75) is 32.7 Å². The summed E-state index contributed by atoms with van der Waals surface area (Å²) in [5.74, 6) is -0.210. The van der Waals surface area contributed by atoms with Crippen LogP contribution in [0.2, 0.25) is 15.1 Å². The van der Waals surface area contributed by atoms with Crippen molar-refractivity contribution in [3.8, 4) is 22.4 Å². The quantitative estimate of drug-likeness (QED) is 0.239. The summed E-state index contributed by atoms with van der Waals surface area (Å²) in [6.07, 6.45) is 5.10. The molecule has 6 rings (SSSR count). The highest BCUT2D eigenvalue weighted by Crippen LogP contribution is 2.40. The van der Waals surface area contributed by atoms with Crippen molar-refractivity contribution >= 4 is 52.0 Å². The molecule has 1 aliphatic rings. The average Bonchev–Trinajstić information content (AvgIpc) is 3.30. The van der Waals surface area contributed by atoms with Gasteiger partial charge in [-0.1, -0.05) is 76.8 Å². The summed E-state index contributed by atoms with van der Waals surface area (Å²) in [6.45, 7) is 2.98. The van der Waals surface area contributed by atoms with Crippen LogP contribution in [0.25, 0.3) is 28.0 Å². The van der Waals surface area contributed by atoms with Crippen molar-refractivity contribution in [1.82, 2.24) is 8.97 Å². The maximum atomic E-state index is 14.0. The highest BCUT2D eigenvalue weighted by molar-refractivity contribution is 6.42. The lowest BCUT2D eigenvalue weighted by atomic mass is 9.97. The van der Waals surface area contributed by atoms with Crippen LogP contribution in [-0.2, 0) is 13.0 Å². The molecule has 2 aromatic heterocycles. The van der Waals surface area contributed by atoms with E-state index in [1.54, 1.807) is 18.2 Å². The van der Waals surface area contributed by atoms with Gasteiger partial charge in [-0.3, -0.25) is 9.20 Å². The van der Waals surface area contributed by atoms with Crippen molar-refractivity contribution < 1.29 is 4.79 Å². The first kappa shape index (κ1) is 24.2. The van der Waals surface area contributed by atoms with Crippen molar-refractivity contribution in [3.05, 3.63) is 105 Å². The lowest BCUT2D eigenvalue weighted by molar-refractivity contribution is 0.102. The molecular weight excluding hydrogens is 525 g/mol. The molecule has 1 N–H and O–H groups in total. The Labute approximate surface area is 230 Å². The van der Waals surface area contributed by atoms with E-state index in [4.69, 9.17) is 34.8 Å². The van der Waals surface area contributed by atoms with Gasteiger partial charge in [-0.15, -0.1) is 0 Å². The molecule has 1 amide bonds. The summed E-state index contributed by atoms with van der Waals surface area (Å²) in [7, 11) is 0. The van der Waals surface area contributed by atoms with Gasteiger partial charge in [0.1, 0.15) is 11.3 Å². The van der Waals surface area contributed by atoms with Crippen LogP contribution in [0.15, 0.2) is 72.9 Å². The Bertz CT molecular complexity index is 1650. The highest BCUT2D eigenvalue weighted by atomic mass is 35.5. The fraction of sp³-hybridized carbons (Fsp3) is 0.167. The molecular formula is C30H24Cl3N3O. The second-order valence-corrected chi connectivity index (χ2v) is 10.7. The SMILES string of the molecule is Cc1ccc(-c2cn3c(C(=O)Nc4ccc(Cl)c(Cl)c4)c(-c4ccc(Cl)cc4)c4c3n2CCCC4)cc1. The first-order valence-corrected chi connectivity index (χ1v) is 13.4. The predicted octanol–water partition coefficient (Wildman–Crippen LogP) is 8.93. The van der Waals surface area contributed by atoms with E-state index >= 15 is 0 Å². The third-order valence-corrected chi connectivity index (χ3v) is 8.00. The van der Waals surface area contributed by atoms with E-state index in [1.807, 2.05) is 24.3 Å². The van der Waals surface area contributed by atoms with Crippen LogP contribution in [0.5, 0.6) is 0 Å². The van der Waals surface area contributed by atoms with Crippen LogP contribution >= 0.6 is 34.8 Å². The number of hydrogen-bond acceptors (Lipinski definition) is 1. The monoisotopic (exact) mass is 547 g/mol. The summed E-state index contributed by atoms with van der Waals surface area (Å²) in [5, 5.41) is 4.54. The van der Waals surface area contributed by atoms with Gasteiger partial charge in [-0.25, -0.2) is 0 Å². The topological polar surface area (TPSA) is 38.4 Å². The molecule has 7 heteroatoms. The number of aryl methyl sites for hydroxylation is 3. The Kier molecular flexibility index (Phi) is 6.28. The van der Waals surface area contributed by atoms with Crippen molar-refractivity contribution in [3.63, 3.8) is 0 Å². The molecule has 5 aromatic rings. The second kappa shape index (κ2) is 9.60. The molecule has 3 heterocycles. The van der Waals surface area contributed by atoms with Crippen LogP contribution in [0.1, 0.15) is 34.5 Å². The molecule has 0 fully saturated rings. The highest BCUT2D eigenvalue weighted by Gasteiger charge is 2.29. The fourth-order valence-electron chi connectivity index (χ4n) is 5.26. The summed E-state index contributed by atoms with van der Waals surface area (Å²) in [5.41, 5.74) is 8.77. The number of anilines is 1. The maximum absolute atomic E-state index is 14.0. The van der Waals surface area contributed by atoms with E-state index in [1.165, 1.54) is 11.1 Å². The van der Waals surface area contributed by atoms with E-state index in [0.717, 1.165) is 53.8 Å². The zero-order valence-corrected chi connectivity index (χ0v) is 22.5. The number of carbonyl (C=O) groups excluding carboxylic acids is 1. The number of aromatic nitrogens is 2. The van der Waals surface area contributed by atoms with Gasteiger partial charge in [-0.05, 0) is 67.6 Å². The predicted molar refractivity (Wildman–Crippen MR) is 153 cm³/mol. The van der Waals surface area contributed by atoms with E-state index in [0.29, 0.717) is 26.4 Å². The molecule has 4 nitrogen and oxygen atoms in total. The number of halogens is 3. The molecule has 0 spiro atoms. The van der Waals surface area contributed by atoms with Gasteiger partial charge in [0, 0.05) is 34.6 Å². The number of nitrogens with one attached hydrogen (secondary N) is 1.